The summed E-state index contributed by atoms with van der Waals surface area (Å²) in [4.78, 5) is 12.6. The Bertz CT molecular complexity index is 1170. The van der Waals surface area contributed by atoms with E-state index in [0.717, 1.165) is 11.1 Å². The van der Waals surface area contributed by atoms with Gasteiger partial charge in [0.05, 0.1) is 51.8 Å². The van der Waals surface area contributed by atoms with Gasteiger partial charge < -0.3 is 38.3 Å². The fourth-order valence-electron chi connectivity index (χ4n) is 4.48. The third-order valence-corrected chi connectivity index (χ3v) is 6.83. The molecule has 1 saturated heterocycles. The van der Waals surface area contributed by atoms with Crippen LogP contribution in [0.1, 0.15) is 21.5 Å². The van der Waals surface area contributed by atoms with Gasteiger partial charge in [-0.05, 0) is 23.3 Å². The standard InChI is InChI=1S/C33H39ClO9/c34-16-17-37-18-19-38-20-21-39-33-31(41-23-26-12-6-2-7-13-26)30(40-22-25-10-4-1-5-11-25)29(35)28(43-33)24-42-32(36)27-14-8-3-9-15-27/h1-15,28-31,33,35H,16-24H2/t28-,29-,30+,31-,33-/m1/s1. The van der Waals surface area contributed by atoms with Crippen LogP contribution in [0.4, 0.5) is 0 Å². The average Bonchev–Trinajstić information content (AvgIpc) is 3.05. The van der Waals surface area contributed by atoms with Gasteiger partial charge in [-0.2, -0.15) is 0 Å². The molecule has 0 saturated carbocycles. The van der Waals surface area contributed by atoms with Crippen LogP contribution in [0, 0.1) is 0 Å². The summed E-state index contributed by atoms with van der Waals surface area (Å²) in [5, 5.41) is 11.5. The minimum atomic E-state index is -1.18. The highest BCUT2D eigenvalue weighted by Gasteiger charge is 2.48. The minimum Gasteiger partial charge on any atom is -0.459 e. The minimum absolute atomic E-state index is 0.184. The molecule has 0 unspecified atom stereocenters. The van der Waals surface area contributed by atoms with Gasteiger partial charge in [-0.3, -0.25) is 0 Å². The lowest BCUT2D eigenvalue weighted by Crippen LogP contribution is -2.61. The Morgan fingerprint density at radius 1 is 0.698 bits per heavy atom. The third kappa shape index (κ3) is 11.0. The van der Waals surface area contributed by atoms with E-state index in [-0.39, 0.29) is 33.0 Å². The number of benzene rings is 3. The topological polar surface area (TPSA) is 102 Å². The molecule has 1 aliphatic rings. The Morgan fingerprint density at radius 3 is 1.84 bits per heavy atom. The highest BCUT2D eigenvalue weighted by atomic mass is 35.5. The van der Waals surface area contributed by atoms with Crippen molar-refractivity contribution in [3.8, 4) is 0 Å². The number of aliphatic hydroxyl groups is 1. The average molecular weight is 615 g/mol. The molecule has 0 aromatic heterocycles. The highest BCUT2D eigenvalue weighted by molar-refractivity contribution is 6.17. The summed E-state index contributed by atoms with van der Waals surface area (Å²) in [5.74, 6) is -0.101. The Kier molecular flexibility index (Phi) is 14.4. The summed E-state index contributed by atoms with van der Waals surface area (Å²) in [6, 6.07) is 27.9. The van der Waals surface area contributed by atoms with Crippen molar-refractivity contribution < 1.29 is 43.1 Å². The second kappa shape index (κ2) is 18.7. The number of esters is 1. The van der Waals surface area contributed by atoms with E-state index in [1.54, 1.807) is 24.3 Å². The normalized spacial score (nSPS) is 21.9. The Morgan fingerprint density at radius 2 is 1.23 bits per heavy atom. The van der Waals surface area contributed by atoms with Crippen molar-refractivity contribution in [2.45, 2.75) is 43.9 Å². The van der Waals surface area contributed by atoms with Gasteiger partial charge in [-0.25, -0.2) is 4.79 Å². The first-order chi connectivity index (χ1) is 21.2. The molecule has 0 amide bonds. The molecule has 9 nitrogen and oxygen atoms in total. The van der Waals surface area contributed by atoms with Gasteiger partial charge in [0.15, 0.2) is 6.29 Å². The number of hydrogen-bond acceptors (Lipinski definition) is 9. The number of hydrogen-bond donors (Lipinski definition) is 1. The van der Waals surface area contributed by atoms with E-state index in [2.05, 4.69) is 0 Å². The van der Waals surface area contributed by atoms with Gasteiger partial charge in [0.1, 0.15) is 31.0 Å². The third-order valence-electron chi connectivity index (χ3n) is 6.68. The van der Waals surface area contributed by atoms with Gasteiger partial charge in [0.25, 0.3) is 0 Å². The van der Waals surface area contributed by atoms with Gasteiger partial charge in [-0.1, -0.05) is 78.9 Å². The molecule has 10 heteroatoms. The first-order valence-corrected chi connectivity index (χ1v) is 14.9. The molecule has 4 rings (SSSR count). The van der Waals surface area contributed by atoms with Crippen LogP contribution in [0.15, 0.2) is 91.0 Å². The summed E-state index contributed by atoms with van der Waals surface area (Å²) < 4.78 is 41.3. The maximum absolute atomic E-state index is 12.6. The lowest BCUT2D eigenvalue weighted by Gasteiger charge is -2.44. The van der Waals surface area contributed by atoms with Crippen molar-refractivity contribution in [3.05, 3.63) is 108 Å². The number of carbonyl (C=O) groups is 1. The summed E-state index contributed by atoms with van der Waals surface area (Å²) >= 11 is 5.62. The number of alkyl halides is 1. The van der Waals surface area contributed by atoms with Crippen molar-refractivity contribution in [2.24, 2.45) is 0 Å². The van der Waals surface area contributed by atoms with Crippen LogP contribution in [0.3, 0.4) is 0 Å². The van der Waals surface area contributed by atoms with Crippen molar-refractivity contribution in [1.29, 1.82) is 0 Å². The molecule has 5 atom stereocenters. The zero-order valence-electron chi connectivity index (χ0n) is 24.0. The number of carbonyl (C=O) groups excluding carboxylic acids is 1. The lowest BCUT2D eigenvalue weighted by molar-refractivity contribution is -0.320. The second-order valence-corrected chi connectivity index (χ2v) is 10.2. The predicted molar refractivity (Wildman–Crippen MR) is 160 cm³/mol. The molecule has 3 aromatic carbocycles. The fraction of sp³-hybridized carbons (Fsp3) is 0.424. The molecule has 232 valence electrons. The smallest absolute Gasteiger partial charge is 0.338 e. The molecule has 1 N–H and O–H groups in total. The Balaban J connectivity index is 1.46. The summed E-state index contributed by atoms with van der Waals surface area (Å²) in [6.07, 6.45) is -4.70. The molecule has 1 fully saturated rings. The predicted octanol–water partition coefficient (Wildman–Crippen LogP) is 4.39. The van der Waals surface area contributed by atoms with E-state index in [9.17, 15) is 9.90 Å². The van der Waals surface area contributed by atoms with E-state index in [1.807, 2.05) is 66.7 Å². The van der Waals surface area contributed by atoms with Crippen LogP contribution in [-0.2, 0) is 46.4 Å². The largest absolute Gasteiger partial charge is 0.459 e. The van der Waals surface area contributed by atoms with E-state index in [4.69, 9.17) is 44.8 Å². The summed E-state index contributed by atoms with van der Waals surface area (Å²) in [7, 11) is 0. The van der Waals surface area contributed by atoms with Crippen molar-refractivity contribution in [2.75, 3.05) is 45.5 Å². The van der Waals surface area contributed by atoms with Gasteiger partial charge >= 0.3 is 5.97 Å². The van der Waals surface area contributed by atoms with Crippen LogP contribution in [0.25, 0.3) is 0 Å². The van der Waals surface area contributed by atoms with E-state index in [1.165, 1.54) is 0 Å². The van der Waals surface area contributed by atoms with E-state index < -0.39 is 36.7 Å². The molecule has 1 aliphatic heterocycles. The maximum atomic E-state index is 12.6. The number of halogens is 1. The Labute approximate surface area is 257 Å². The molecule has 1 heterocycles. The van der Waals surface area contributed by atoms with Crippen molar-refractivity contribution in [3.63, 3.8) is 0 Å². The molecule has 0 aliphatic carbocycles. The Hall–Kier alpha value is -2.86. The van der Waals surface area contributed by atoms with Crippen LogP contribution in [0.2, 0.25) is 0 Å². The highest BCUT2D eigenvalue weighted by Crippen LogP contribution is 2.29. The van der Waals surface area contributed by atoms with Crippen molar-refractivity contribution >= 4 is 17.6 Å². The molecular weight excluding hydrogens is 576 g/mol. The van der Waals surface area contributed by atoms with Crippen LogP contribution >= 0.6 is 11.6 Å². The first-order valence-electron chi connectivity index (χ1n) is 14.4. The number of rotatable bonds is 18. The van der Waals surface area contributed by atoms with Gasteiger partial charge in [0, 0.05) is 5.88 Å². The molecule has 43 heavy (non-hydrogen) atoms. The zero-order chi connectivity index (χ0) is 30.1. The molecule has 0 spiro atoms. The van der Waals surface area contributed by atoms with Crippen LogP contribution in [-0.4, -0.2) is 87.3 Å². The summed E-state index contributed by atoms with van der Waals surface area (Å²) in [6.45, 7) is 1.99. The van der Waals surface area contributed by atoms with Crippen LogP contribution in [0.5, 0.6) is 0 Å². The monoisotopic (exact) mass is 614 g/mol. The molecule has 3 aromatic rings. The first kappa shape index (κ1) is 33.0. The number of ether oxygens (including phenoxy) is 7. The van der Waals surface area contributed by atoms with E-state index >= 15 is 0 Å². The SMILES string of the molecule is O=C(OC[C@H]1O[C@@H](OCCOCCOCCCl)[C@H](OCc2ccccc2)[C@@H](OCc2ccccc2)[C@@H]1O)c1ccccc1. The maximum Gasteiger partial charge on any atom is 0.338 e. The lowest BCUT2D eigenvalue weighted by atomic mass is 9.98. The van der Waals surface area contributed by atoms with Crippen LogP contribution < -0.4 is 0 Å². The van der Waals surface area contributed by atoms with Gasteiger partial charge in [-0.15, -0.1) is 11.6 Å². The van der Waals surface area contributed by atoms with Crippen molar-refractivity contribution in [1.82, 2.24) is 0 Å². The summed E-state index contributed by atoms with van der Waals surface area (Å²) in [5.41, 5.74) is 2.27. The quantitative estimate of drug-likeness (QED) is 0.127. The molecule has 0 radical (unpaired) electrons. The number of aliphatic hydroxyl groups excluding tert-OH is 1. The fourth-order valence-corrected chi connectivity index (χ4v) is 4.59. The second-order valence-electron chi connectivity index (χ2n) is 9.80. The molecular formula is C33H39ClO9. The molecule has 0 bridgehead atoms. The zero-order valence-corrected chi connectivity index (χ0v) is 24.8. The van der Waals surface area contributed by atoms with Gasteiger partial charge in [0.2, 0.25) is 0 Å². The van der Waals surface area contributed by atoms with E-state index in [0.29, 0.717) is 31.3 Å².